The van der Waals surface area contributed by atoms with Crippen LogP contribution >= 0.6 is 11.6 Å². The van der Waals surface area contributed by atoms with Gasteiger partial charge in [-0.3, -0.25) is 0 Å². The number of aromatic nitrogens is 3. The van der Waals surface area contributed by atoms with Gasteiger partial charge >= 0.3 is 0 Å². The highest BCUT2D eigenvalue weighted by molar-refractivity contribution is 6.17. The van der Waals surface area contributed by atoms with Crippen molar-refractivity contribution in [2.45, 2.75) is 25.0 Å². The van der Waals surface area contributed by atoms with E-state index in [4.69, 9.17) is 21.1 Å². The topological polar surface area (TPSA) is 49.2 Å². The first-order chi connectivity index (χ1) is 9.78. The Bertz CT molecular complexity index is 593. The van der Waals surface area contributed by atoms with Crippen molar-refractivity contribution in [1.29, 1.82) is 0 Å². The van der Waals surface area contributed by atoms with Crippen LogP contribution in [0.3, 0.4) is 0 Å². The maximum absolute atomic E-state index is 5.89. The van der Waals surface area contributed by atoms with E-state index in [1.54, 1.807) is 13.3 Å². The van der Waals surface area contributed by atoms with E-state index in [-0.39, 0.29) is 5.60 Å². The van der Waals surface area contributed by atoms with E-state index >= 15 is 0 Å². The number of hydrogen-bond donors (Lipinski definition) is 0. The third-order valence-electron chi connectivity index (χ3n) is 3.85. The maximum Gasteiger partial charge on any atom is 0.160 e. The minimum atomic E-state index is -0.286. The average Bonchev–Trinajstić information content (AvgIpc) is 3.07. The van der Waals surface area contributed by atoms with E-state index in [9.17, 15) is 0 Å². The maximum atomic E-state index is 5.89. The van der Waals surface area contributed by atoms with Crippen LogP contribution in [0, 0.1) is 0 Å². The molecule has 0 saturated carbocycles. The van der Waals surface area contributed by atoms with Crippen molar-refractivity contribution < 1.29 is 9.47 Å². The Balaban J connectivity index is 2.02. The van der Waals surface area contributed by atoms with Crippen molar-refractivity contribution >= 4 is 22.8 Å². The van der Waals surface area contributed by atoms with Gasteiger partial charge in [-0.25, -0.2) is 9.97 Å². The number of imidazole rings is 1. The Labute approximate surface area is 122 Å². The first-order valence-corrected chi connectivity index (χ1v) is 7.30. The molecule has 2 aromatic rings. The van der Waals surface area contributed by atoms with Gasteiger partial charge in [-0.05, 0) is 12.1 Å². The molecule has 0 radical (unpaired) electrons. The molecular weight excluding hydrogens is 278 g/mol. The molecule has 1 fully saturated rings. The Kier molecular flexibility index (Phi) is 3.92. The number of fused-ring (bicyclic) bond motifs is 1. The first kappa shape index (κ1) is 13.8. The Morgan fingerprint density at radius 1 is 1.55 bits per heavy atom. The molecule has 1 unspecified atom stereocenters. The van der Waals surface area contributed by atoms with Crippen molar-refractivity contribution in [2.75, 3.05) is 26.2 Å². The predicted molar refractivity (Wildman–Crippen MR) is 77.1 cm³/mol. The molecule has 3 rings (SSSR count). The molecule has 1 atom stereocenters. The third kappa shape index (κ3) is 2.41. The normalized spacial score (nSPS) is 22.7. The molecule has 6 heteroatoms. The standard InChI is InChI=1S/C14H18ClN3O2/c1-19-14(5-8-20-10-14)9-18-12(4-6-15)17-11-3-2-7-16-13(11)18/h2-3,7H,4-6,8-10H2,1H3. The van der Waals surface area contributed by atoms with Crippen molar-refractivity contribution in [3.8, 4) is 0 Å². The lowest BCUT2D eigenvalue weighted by atomic mass is 10.0. The molecule has 0 aromatic carbocycles. The number of pyridine rings is 1. The van der Waals surface area contributed by atoms with E-state index in [2.05, 4.69) is 14.5 Å². The molecule has 5 nitrogen and oxygen atoms in total. The molecule has 3 heterocycles. The monoisotopic (exact) mass is 295 g/mol. The molecule has 0 amide bonds. The summed E-state index contributed by atoms with van der Waals surface area (Å²) in [6.07, 6.45) is 3.39. The molecule has 0 spiro atoms. The second-order valence-corrected chi connectivity index (χ2v) is 5.47. The van der Waals surface area contributed by atoms with Gasteiger partial charge in [-0.2, -0.15) is 0 Å². The highest BCUT2D eigenvalue weighted by Gasteiger charge is 2.36. The van der Waals surface area contributed by atoms with Crippen molar-refractivity contribution in [3.63, 3.8) is 0 Å². The van der Waals surface area contributed by atoms with E-state index in [1.165, 1.54) is 0 Å². The van der Waals surface area contributed by atoms with Gasteiger partial charge < -0.3 is 14.0 Å². The number of rotatable bonds is 5. The van der Waals surface area contributed by atoms with Crippen LogP contribution in [-0.2, 0) is 22.4 Å². The molecule has 0 aliphatic carbocycles. The van der Waals surface area contributed by atoms with Crippen LogP contribution in [0.5, 0.6) is 0 Å². The number of aryl methyl sites for hydroxylation is 1. The molecule has 0 bridgehead atoms. The summed E-state index contributed by atoms with van der Waals surface area (Å²) in [5.74, 6) is 1.50. The molecule has 1 aliphatic heterocycles. The predicted octanol–water partition coefficient (Wildman–Crippen LogP) is 2.02. The van der Waals surface area contributed by atoms with Crippen molar-refractivity contribution in [1.82, 2.24) is 14.5 Å². The van der Waals surface area contributed by atoms with E-state index in [1.807, 2.05) is 12.1 Å². The fourth-order valence-electron chi connectivity index (χ4n) is 2.67. The number of hydrogen-bond acceptors (Lipinski definition) is 4. The smallest absolute Gasteiger partial charge is 0.160 e. The van der Waals surface area contributed by atoms with Gasteiger partial charge in [0.1, 0.15) is 16.9 Å². The molecule has 1 saturated heterocycles. The van der Waals surface area contributed by atoms with Gasteiger partial charge in [0.05, 0.1) is 13.2 Å². The lowest BCUT2D eigenvalue weighted by molar-refractivity contribution is -0.0293. The van der Waals surface area contributed by atoms with Gasteiger partial charge in [-0.15, -0.1) is 11.6 Å². The number of ether oxygens (including phenoxy) is 2. The summed E-state index contributed by atoms with van der Waals surface area (Å²) in [6.45, 7) is 2.04. The first-order valence-electron chi connectivity index (χ1n) is 6.77. The van der Waals surface area contributed by atoms with Crippen molar-refractivity contribution in [2.24, 2.45) is 0 Å². The average molecular weight is 296 g/mol. The second kappa shape index (κ2) is 5.68. The second-order valence-electron chi connectivity index (χ2n) is 5.09. The van der Waals surface area contributed by atoms with Gasteiger partial charge in [0.25, 0.3) is 0 Å². The summed E-state index contributed by atoms with van der Waals surface area (Å²) in [7, 11) is 1.74. The zero-order valence-corrected chi connectivity index (χ0v) is 12.3. The van der Waals surface area contributed by atoms with Gasteiger partial charge in [0, 0.05) is 38.6 Å². The number of alkyl halides is 1. The van der Waals surface area contributed by atoms with Crippen LogP contribution in [0.2, 0.25) is 0 Å². The van der Waals surface area contributed by atoms with Crippen molar-refractivity contribution in [3.05, 3.63) is 24.2 Å². The zero-order chi connectivity index (χ0) is 14.0. The lowest BCUT2D eigenvalue weighted by Gasteiger charge is -2.27. The summed E-state index contributed by atoms with van der Waals surface area (Å²) >= 11 is 5.89. The third-order valence-corrected chi connectivity index (χ3v) is 4.04. The van der Waals surface area contributed by atoms with Gasteiger partial charge in [-0.1, -0.05) is 0 Å². The summed E-state index contributed by atoms with van der Waals surface area (Å²) in [5.41, 5.74) is 1.50. The van der Waals surface area contributed by atoms with E-state index in [0.29, 0.717) is 19.0 Å². The van der Waals surface area contributed by atoms with Crippen LogP contribution in [0.25, 0.3) is 11.2 Å². The van der Waals surface area contributed by atoms with Gasteiger partial charge in [0.2, 0.25) is 0 Å². The van der Waals surface area contributed by atoms with E-state index < -0.39 is 0 Å². The minimum absolute atomic E-state index is 0.286. The Morgan fingerprint density at radius 3 is 3.15 bits per heavy atom. The SMILES string of the molecule is COC1(Cn2c(CCCl)nc3cccnc32)CCOC1. The Hall–Kier alpha value is -1.17. The lowest BCUT2D eigenvalue weighted by Crippen LogP contribution is -2.37. The van der Waals surface area contributed by atoms with Crippen LogP contribution in [0.1, 0.15) is 12.2 Å². The quantitative estimate of drug-likeness (QED) is 0.792. The fourth-order valence-corrected chi connectivity index (χ4v) is 2.84. The minimum Gasteiger partial charge on any atom is -0.378 e. The highest BCUT2D eigenvalue weighted by atomic mass is 35.5. The van der Waals surface area contributed by atoms with Crippen LogP contribution in [0.15, 0.2) is 18.3 Å². The molecule has 20 heavy (non-hydrogen) atoms. The molecule has 108 valence electrons. The number of nitrogens with zero attached hydrogens (tertiary/aromatic N) is 3. The number of methoxy groups -OCH3 is 1. The molecular formula is C14H18ClN3O2. The summed E-state index contributed by atoms with van der Waals surface area (Å²) in [5, 5.41) is 0. The summed E-state index contributed by atoms with van der Waals surface area (Å²) < 4.78 is 13.3. The van der Waals surface area contributed by atoms with Crippen LogP contribution in [-0.4, -0.2) is 46.3 Å². The van der Waals surface area contributed by atoms with Crippen LogP contribution < -0.4 is 0 Å². The molecule has 1 aliphatic rings. The zero-order valence-electron chi connectivity index (χ0n) is 11.5. The fraction of sp³-hybridized carbons (Fsp3) is 0.571. The summed E-state index contributed by atoms with van der Waals surface area (Å²) in [6, 6.07) is 3.87. The van der Waals surface area contributed by atoms with Gasteiger partial charge in [0.15, 0.2) is 5.65 Å². The Morgan fingerprint density at radius 2 is 2.45 bits per heavy atom. The largest absolute Gasteiger partial charge is 0.378 e. The molecule has 2 aromatic heterocycles. The highest BCUT2D eigenvalue weighted by Crippen LogP contribution is 2.27. The summed E-state index contributed by atoms with van der Waals surface area (Å²) in [4.78, 5) is 9.08. The number of halogens is 1. The molecule has 0 N–H and O–H groups in total. The van der Waals surface area contributed by atoms with E-state index in [0.717, 1.165) is 36.4 Å². The van der Waals surface area contributed by atoms with Crippen LogP contribution in [0.4, 0.5) is 0 Å².